The summed E-state index contributed by atoms with van der Waals surface area (Å²) < 4.78 is 26.4. The van der Waals surface area contributed by atoms with Crippen LogP contribution in [0.2, 0.25) is 0 Å². The Morgan fingerprint density at radius 3 is 2.29 bits per heavy atom. The highest BCUT2D eigenvalue weighted by Crippen LogP contribution is 2.08. The van der Waals surface area contributed by atoms with Crippen LogP contribution in [-0.2, 0) is 22.3 Å². The highest BCUT2D eigenvalue weighted by molar-refractivity contribution is 7.88. The van der Waals surface area contributed by atoms with Crippen LogP contribution in [0, 0.1) is 0 Å². The van der Waals surface area contributed by atoms with E-state index in [4.69, 9.17) is 0 Å². The second kappa shape index (κ2) is 10.3. The highest BCUT2D eigenvalue weighted by atomic mass is 32.2. The minimum Gasteiger partial charge on any atom is -0.356 e. The van der Waals surface area contributed by atoms with Gasteiger partial charge in [-0.3, -0.25) is 4.99 Å². The van der Waals surface area contributed by atoms with Gasteiger partial charge in [-0.05, 0) is 31.4 Å². The van der Waals surface area contributed by atoms with Gasteiger partial charge in [0.15, 0.2) is 5.96 Å². The summed E-state index contributed by atoms with van der Waals surface area (Å²) in [5.74, 6) is 0.773. The fourth-order valence-electron chi connectivity index (χ4n) is 2.16. The summed E-state index contributed by atoms with van der Waals surface area (Å²) in [4.78, 5) is 4.18. The molecule has 0 atom stereocenters. The molecule has 136 valence electrons. The Bertz CT molecular complexity index is 610. The van der Waals surface area contributed by atoms with Crippen LogP contribution in [0.5, 0.6) is 0 Å². The van der Waals surface area contributed by atoms with Crippen LogP contribution in [0.4, 0.5) is 0 Å². The lowest BCUT2D eigenvalue weighted by molar-refractivity contribution is 0.569. The second-order valence-electron chi connectivity index (χ2n) is 6.05. The summed E-state index contributed by atoms with van der Waals surface area (Å²) in [6, 6.07) is 7.48. The number of hydrogen-bond donors (Lipinski definition) is 3. The molecule has 24 heavy (non-hydrogen) atoms. The molecular weight excluding hydrogens is 324 g/mol. The molecule has 1 aromatic carbocycles. The number of guanidine groups is 1. The first-order valence-electron chi connectivity index (χ1n) is 8.38. The zero-order chi connectivity index (χ0) is 18.0. The fourth-order valence-corrected chi connectivity index (χ4v) is 3.60. The van der Waals surface area contributed by atoms with Crippen molar-refractivity contribution >= 4 is 16.0 Å². The van der Waals surface area contributed by atoms with Crippen molar-refractivity contribution < 1.29 is 8.42 Å². The van der Waals surface area contributed by atoms with Gasteiger partial charge in [-0.25, -0.2) is 13.1 Å². The first kappa shape index (κ1) is 20.4. The van der Waals surface area contributed by atoms with Gasteiger partial charge in [0.05, 0.1) is 5.75 Å². The van der Waals surface area contributed by atoms with Gasteiger partial charge in [0.25, 0.3) is 0 Å². The lowest BCUT2D eigenvalue weighted by Gasteiger charge is -2.12. The molecule has 7 heteroatoms. The lowest BCUT2D eigenvalue weighted by Crippen LogP contribution is -2.37. The van der Waals surface area contributed by atoms with Crippen LogP contribution in [0.1, 0.15) is 44.7 Å². The summed E-state index contributed by atoms with van der Waals surface area (Å²) in [6.07, 6.45) is 2.24. The molecule has 3 N–H and O–H groups in total. The molecule has 0 amide bonds. The van der Waals surface area contributed by atoms with Crippen molar-refractivity contribution in [3.05, 3.63) is 35.4 Å². The standard InChI is InChI=1S/C17H30N4O2S/c1-5-6-11-19-17(18-4)20-12-15-7-9-16(10-8-15)13-24(22,23)21-14(2)3/h7-10,14,21H,5-6,11-13H2,1-4H3,(H2,18,19,20). The van der Waals surface area contributed by atoms with Gasteiger partial charge >= 0.3 is 0 Å². The second-order valence-corrected chi connectivity index (χ2v) is 7.81. The van der Waals surface area contributed by atoms with Crippen LogP contribution in [-0.4, -0.2) is 34.0 Å². The van der Waals surface area contributed by atoms with Gasteiger partial charge in [-0.15, -0.1) is 0 Å². The molecular formula is C17H30N4O2S. The van der Waals surface area contributed by atoms with E-state index in [1.165, 1.54) is 0 Å². The van der Waals surface area contributed by atoms with E-state index in [1.54, 1.807) is 7.05 Å². The summed E-state index contributed by atoms with van der Waals surface area (Å²) in [5.41, 5.74) is 1.85. The van der Waals surface area contributed by atoms with E-state index in [9.17, 15) is 8.42 Å². The summed E-state index contributed by atoms with van der Waals surface area (Å²) in [6.45, 7) is 7.32. The summed E-state index contributed by atoms with van der Waals surface area (Å²) in [7, 11) is -1.54. The largest absolute Gasteiger partial charge is 0.356 e. The molecule has 0 saturated heterocycles. The fraction of sp³-hybridized carbons (Fsp3) is 0.588. The predicted octanol–water partition coefficient (Wildman–Crippen LogP) is 1.98. The number of nitrogens with zero attached hydrogens (tertiary/aromatic N) is 1. The first-order chi connectivity index (χ1) is 11.4. The van der Waals surface area contributed by atoms with Crippen LogP contribution in [0.3, 0.4) is 0 Å². The molecule has 0 unspecified atom stereocenters. The zero-order valence-corrected chi connectivity index (χ0v) is 15.9. The average Bonchev–Trinajstić information content (AvgIpc) is 2.50. The Morgan fingerprint density at radius 1 is 1.12 bits per heavy atom. The van der Waals surface area contributed by atoms with Crippen molar-refractivity contribution in [2.45, 2.75) is 52.0 Å². The summed E-state index contributed by atoms with van der Waals surface area (Å²) >= 11 is 0. The number of hydrogen-bond acceptors (Lipinski definition) is 3. The molecule has 1 aromatic rings. The predicted molar refractivity (Wildman–Crippen MR) is 100 cm³/mol. The van der Waals surface area contributed by atoms with Crippen molar-refractivity contribution in [3.63, 3.8) is 0 Å². The van der Waals surface area contributed by atoms with E-state index in [0.717, 1.165) is 36.5 Å². The molecule has 0 fully saturated rings. The quantitative estimate of drug-likeness (QED) is 0.360. The van der Waals surface area contributed by atoms with E-state index in [-0.39, 0.29) is 11.8 Å². The normalized spacial score (nSPS) is 12.5. The molecule has 0 saturated carbocycles. The zero-order valence-electron chi connectivity index (χ0n) is 15.1. The molecule has 0 aliphatic carbocycles. The minimum atomic E-state index is -3.28. The maximum atomic E-state index is 11.9. The Hall–Kier alpha value is -1.60. The van der Waals surface area contributed by atoms with Gasteiger partial charge in [0.1, 0.15) is 0 Å². The van der Waals surface area contributed by atoms with E-state index in [1.807, 2.05) is 38.1 Å². The highest BCUT2D eigenvalue weighted by Gasteiger charge is 2.12. The smallest absolute Gasteiger partial charge is 0.216 e. The van der Waals surface area contributed by atoms with E-state index in [0.29, 0.717) is 6.54 Å². The molecule has 1 rings (SSSR count). The van der Waals surface area contributed by atoms with Gasteiger partial charge in [0, 0.05) is 26.2 Å². The minimum absolute atomic E-state index is 0.000863. The maximum Gasteiger partial charge on any atom is 0.216 e. The van der Waals surface area contributed by atoms with Crippen LogP contribution >= 0.6 is 0 Å². The van der Waals surface area contributed by atoms with Crippen LogP contribution in [0.15, 0.2) is 29.3 Å². The van der Waals surface area contributed by atoms with Crippen molar-refractivity contribution in [1.82, 2.24) is 15.4 Å². The Balaban J connectivity index is 2.52. The number of sulfonamides is 1. The number of rotatable bonds is 9. The van der Waals surface area contributed by atoms with E-state index < -0.39 is 10.0 Å². The van der Waals surface area contributed by atoms with Crippen molar-refractivity contribution in [3.8, 4) is 0 Å². The first-order valence-corrected chi connectivity index (χ1v) is 10.0. The molecule has 0 aliphatic rings. The Labute approximate surface area is 146 Å². The summed E-state index contributed by atoms with van der Waals surface area (Å²) in [5, 5.41) is 6.50. The van der Waals surface area contributed by atoms with Gasteiger partial charge in [-0.1, -0.05) is 37.6 Å². The molecule has 6 nitrogen and oxygen atoms in total. The van der Waals surface area contributed by atoms with Crippen molar-refractivity contribution in [2.24, 2.45) is 4.99 Å². The van der Waals surface area contributed by atoms with Crippen LogP contribution < -0.4 is 15.4 Å². The van der Waals surface area contributed by atoms with Gasteiger partial charge < -0.3 is 10.6 Å². The van der Waals surface area contributed by atoms with Crippen LogP contribution in [0.25, 0.3) is 0 Å². The lowest BCUT2D eigenvalue weighted by atomic mass is 10.1. The Morgan fingerprint density at radius 2 is 1.75 bits per heavy atom. The third-order valence-electron chi connectivity index (χ3n) is 3.30. The van der Waals surface area contributed by atoms with E-state index >= 15 is 0 Å². The van der Waals surface area contributed by atoms with Crippen molar-refractivity contribution in [2.75, 3.05) is 13.6 Å². The van der Waals surface area contributed by atoms with Gasteiger partial charge in [0.2, 0.25) is 10.0 Å². The van der Waals surface area contributed by atoms with Gasteiger partial charge in [-0.2, -0.15) is 0 Å². The monoisotopic (exact) mass is 354 g/mol. The molecule has 0 bridgehead atoms. The Kier molecular flexibility index (Phi) is 8.78. The maximum absolute atomic E-state index is 11.9. The van der Waals surface area contributed by atoms with Crippen molar-refractivity contribution in [1.29, 1.82) is 0 Å². The third kappa shape index (κ3) is 8.31. The SMILES string of the molecule is CCCCNC(=NC)NCc1ccc(CS(=O)(=O)NC(C)C)cc1. The molecule has 0 aromatic heterocycles. The molecule has 0 spiro atoms. The number of unbranched alkanes of at least 4 members (excludes halogenated alkanes) is 1. The van der Waals surface area contributed by atoms with E-state index in [2.05, 4.69) is 27.3 Å². The molecule has 0 heterocycles. The average molecular weight is 355 g/mol. The number of aliphatic imine (C=N–C) groups is 1. The number of benzene rings is 1. The molecule has 0 aliphatic heterocycles. The molecule has 0 radical (unpaired) electrons. The topological polar surface area (TPSA) is 82.6 Å². The number of nitrogens with one attached hydrogen (secondary N) is 3. The third-order valence-corrected chi connectivity index (χ3v) is 4.85.